The number of aromatic nitrogens is 3. The zero-order chi connectivity index (χ0) is 14.0. The molecule has 1 N–H and O–H groups in total. The van der Waals surface area contributed by atoms with Crippen LogP contribution in [0.15, 0.2) is 29.4 Å². The van der Waals surface area contributed by atoms with Crippen LogP contribution in [-0.4, -0.2) is 23.2 Å². The lowest BCUT2D eigenvalue weighted by atomic mass is 10.2. The van der Waals surface area contributed by atoms with Crippen molar-refractivity contribution in [1.29, 1.82) is 5.26 Å². The smallest absolute Gasteiger partial charge is 0.247 e. The molecular weight excluding hydrogens is 266 g/mol. The molecule has 0 aliphatic heterocycles. The molecule has 0 aliphatic rings. The van der Waals surface area contributed by atoms with Gasteiger partial charge in [-0.3, -0.25) is 0 Å². The number of aryl methyl sites for hydroxylation is 2. The lowest BCUT2D eigenvalue weighted by molar-refractivity contribution is 0.599. The number of hydrogen-bond donors (Lipinski definition) is 1. The molecule has 8 heteroatoms. The van der Waals surface area contributed by atoms with Gasteiger partial charge in [0.05, 0.1) is 16.5 Å². The molecule has 1 aromatic heterocycles. The maximum atomic E-state index is 12.2. The van der Waals surface area contributed by atoms with Crippen molar-refractivity contribution in [3.05, 3.63) is 35.7 Å². The molecular formula is C11H11N5O2S. The number of anilines is 1. The van der Waals surface area contributed by atoms with Crippen LogP contribution in [0.3, 0.4) is 0 Å². The Morgan fingerprint density at radius 3 is 2.74 bits per heavy atom. The average molecular weight is 277 g/mol. The Kier molecular flexibility index (Phi) is 3.23. The van der Waals surface area contributed by atoms with Gasteiger partial charge in [-0.1, -0.05) is 6.07 Å². The highest BCUT2D eigenvalue weighted by Crippen LogP contribution is 2.19. The number of hydrogen-bond acceptors (Lipinski definition) is 5. The summed E-state index contributed by atoms with van der Waals surface area (Å²) < 4.78 is 28.1. The molecule has 1 heterocycles. The topological polar surface area (TPSA) is 101 Å². The van der Waals surface area contributed by atoms with Crippen LogP contribution in [0.5, 0.6) is 0 Å². The highest BCUT2D eigenvalue weighted by atomic mass is 32.2. The Hall–Kier alpha value is -2.40. The molecule has 0 aliphatic carbocycles. The number of nitrogens with one attached hydrogen (secondary N) is 1. The average Bonchev–Trinajstić information content (AvgIpc) is 2.75. The number of rotatable bonds is 3. The van der Waals surface area contributed by atoms with Gasteiger partial charge in [0.2, 0.25) is 5.95 Å². The Balaban J connectivity index is 2.46. The van der Waals surface area contributed by atoms with Crippen LogP contribution in [-0.2, 0) is 17.1 Å². The van der Waals surface area contributed by atoms with Gasteiger partial charge in [-0.2, -0.15) is 15.3 Å². The molecule has 0 atom stereocenters. The molecule has 19 heavy (non-hydrogen) atoms. The van der Waals surface area contributed by atoms with Gasteiger partial charge in [0.15, 0.2) is 0 Å². The number of nitriles is 1. The maximum absolute atomic E-state index is 12.2. The third-order valence-corrected chi connectivity index (χ3v) is 4.01. The number of benzene rings is 1. The van der Waals surface area contributed by atoms with Crippen molar-refractivity contribution in [2.75, 3.05) is 4.72 Å². The van der Waals surface area contributed by atoms with E-state index in [1.165, 1.54) is 17.1 Å². The van der Waals surface area contributed by atoms with Crippen molar-refractivity contribution >= 4 is 16.0 Å². The first-order valence-electron chi connectivity index (χ1n) is 5.31. The highest BCUT2D eigenvalue weighted by molar-refractivity contribution is 7.92. The van der Waals surface area contributed by atoms with Crippen LogP contribution >= 0.6 is 0 Å². The SMILES string of the molecule is Cc1ccc(C#N)cc1S(=O)(=O)Nc1ncnn1C. The molecule has 0 spiro atoms. The van der Waals surface area contributed by atoms with Gasteiger partial charge in [0.1, 0.15) is 6.33 Å². The Bertz CT molecular complexity index is 758. The normalized spacial score (nSPS) is 11.0. The Labute approximate surface area is 110 Å². The van der Waals surface area contributed by atoms with Crippen molar-refractivity contribution in [3.8, 4) is 6.07 Å². The minimum atomic E-state index is -3.79. The molecule has 0 bridgehead atoms. The van der Waals surface area contributed by atoms with Crippen molar-refractivity contribution in [2.45, 2.75) is 11.8 Å². The molecule has 0 radical (unpaired) electrons. The summed E-state index contributed by atoms with van der Waals surface area (Å²) in [6.45, 7) is 1.66. The van der Waals surface area contributed by atoms with E-state index < -0.39 is 10.0 Å². The first-order valence-corrected chi connectivity index (χ1v) is 6.80. The summed E-state index contributed by atoms with van der Waals surface area (Å²) in [4.78, 5) is 3.85. The second-order valence-electron chi connectivity index (χ2n) is 3.90. The first-order chi connectivity index (χ1) is 8.94. The third-order valence-electron chi connectivity index (χ3n) is 2.54. The number of sulfonamides is 1. The predicted molar refractivity (Wildman–Crippen MR) is 67.7 cm³/mol. The zero-order valence-corrected chi connectivity index (χ0v) is 11.1. The van der Waals surface area contributed by atoms with E-state index in [0.717, 1.165) is 0 Å². The monoisotopic (exact) mass is 277 g/mol. The van der Waals surface area contributed by atoms with Gasteiger partial charge in [-0.15, -0.1) is 0 Å². The van der Waals surface area contributed by atoms with Crippen molar-refractivity contribution < 1.29 is 8.42 Å². The van der Waals surface area contributed by atoms with Crippen LogP contribution in [0.2, 0.25) is 0 Å². The largest absolute Gasteiger partial charge is 0.264 e. The first kappa shape index (κ1) is 13.0. The molecule has 98 valence electrons. The van der Waals surface area contributed by atoms with E-state index >= 15 is 0 Å². The molecule has 0 amide bonds. The van der Waals surface area contributed by atoms with Gasteiger partial charge in [-0.05, 0) is 24.6 Å². The molecule has 2 aromatic rings. The van der Waals surface area contributed by atoms with Crippen molar-refractivity contribution in [3.63, 3.8) is 0 Å². The number of nitrogens with zero attached hydrogens (tertiary/aromatic N) is 4. The fourth-order valence-corrected chi connectivity index (χ4v) is 2.83. The summed E-state index contributed by atoms with van der Waals surface area (Å²) in [5.41, 5.74) is 0.831. The van der Waals surface area contributed by atoms with Crippen LogP contribution in [0.4, 0.5) is 5.95 Å². The van der Waals surface area contributed by atoms with Crippen LogP contribution in [0.25, 0.3) is 0 Å². The van der Waals surface area contributed by atoms with Gasteiger partial charge in [-0.25, -0.2) is 17.8 Å². The van der Waals surface area contributed by atoms with Gasteiger partial charge < -0.3 is 0 Å². The zero-order valence-electron chi connectivity index (χ0n) is 10.3. The molecule has 2 rings (SSSR count). The standard InChI is InChI=1S/C11H11N5O2S/c1-8-3-4-9(6-12)5-10(8)19(17,18)15-11-13-7-14-16(11)2/h3-5,7H,1-2H3,(H,13,14,15). The molecule has 7 nitrogen and oxygen atoms in total. The van der Waals surface area contributed by atoms with E-state index in [2.05, 4.69) is 14.8 Å². The van der Waals surface area contributed by atoms with Gasteiger partial charge in [0.25, 0.3) is 10.0 Å². The van der Waals surface area contributed by atoms with Crippen molar-refractivity contribution in [2.24, 2.45) is 7.05 Å². The summed E-state index contributed by atoms with van der Waals surface area (Å²) in [5.74, 6) is 0.113. The predicted octanol–water partition coefficient (Wildman–Crippen LogP) is 0.796. The van der Waals surface area contributed by atoms with Gasteiger partial charge >= 0.3 is 0 Å². The molecule has 0 unspecified atom stereocenters. The minimum absolute atomic E-state index is 0.0505. The van der Waals surface area contributed by atoms with E-state index in [1.807, 2.05) is 6.07 Å². The van der Waals surface area contributed by atoms with Crippen LogP contribution in [0.1, 0.15) is 11.1 Å². The second-order valence-corrected chi connectivity index (χ2v) is 5.56. The highest BCUT2D eigenvalue weighted by Gasteiger charge is 2.19. The molecule has 0 saturated carbocycles. The fraction of sp³-hybridized carbons (Fsp3) is 0.182. The van der Waals surface area contributed by atoms with Crippen LogP contribution < -0.4 is 4.72 Å². The summed E-state index contributed by atoms with van der Waals surface area (Å²) in [7, 11) is -2.22. The molecule has 0 saturated heterocycles. The summed E-state index contributed by atoms with van der Waals surface area (Å²) in [6, 6.07) is 6.39. The van der Waals surface area contributed by atoms with Crippen LogP contribution in [0, 0.1) is 18.3 Å². The quantitative estimate of drug-likeness (QED) is 0.894. The van der Waals surface area contributed by atoms with Crippen molar-refractivity contribution in [1.82, 2.24) is 14.8 Å². The fourth-order valence-electron chi connectivity index (χ4n) is 1.52. The van der Waals surface area contributed by atoms with E-state index in [9.17, 15) is 8.42 Å². The molecule has 1 aromatic carbocycles. The third kappa shape index (κ3) is 2.56. The van der Waals surface area contributed by atoms with E-state index in [4.69, 9.17) is 5.26 Å². The van der Waals surface area contributed by atoms with E-state index in [0.29, 0.717) is 5.56 Å². The van der Waals surface area contributed by atoms with E-state index in [-0.39, 0.29) is 16.4 Å². The second kappa shape index (κ2) is 4.70. The Morgan fingerprint density at radius 2 is 2.16 bits per heavy atom. The minimum Gasteiger partial charge on any atom is -0.247 e. The maximum Gasteiger partial charge on any atom is 0.264 e. The lowest BCUT2D eigenvalue weighted by Crippen LogP contribution is -2.17. The summed E-state index contributed by atoms with van der Waals surface area (Å²) in [6.07, 6.45) is 1.25. The summed E-state index contributed by atoms with van der Waals surface area (Å²) in [5, 5.41) is 12.6. The van der Waals surface area contributed by atoms with E-state index in [1.54, 1.807) is 26.1 Å². The summed E-state index contributed by atoms with van der Waals surface area (Å²) >= 11 is 0. The molecule has 0 fully saturated rings. The van der Waals surface area contributed by atoms with Gasteiger partial charge in [0, 0.05) is 7.05 Å². The lowest BCUT2D eigenvalue weighted by Gasteiger charge is -2.09. The Morgan fingerprint density at radius 1 is 1.42 bits per heavy atom.